The van der Waals surface area contributed by atoms with Crippen LogP contribution in [0.25, 0.3) is 5.69 Å². The maximum absolute atomic E-state index is 12.9. The molecule has 0 unspecified atom stereocenters. The molecule has 24 heavy (non-hydrogen) atoms. The van der Waals surface area contributed by atoms with Crippen LogP contribution in [0.5, 0.6) is 0 Å². The minimum atomic E-state index is -0.415. The molecule has 1 aromatic carbocycles. The summed E-state index contributed by atoms with van der Waals surface area (Å²) in [6, 6.07) is 6.97. The Bertz CT molecular complexity index is 823. The number of carbonyl (C=O) groups excluding carboxylic acids is 1. The fourth-order valence-corrected chi connectivity index (χ4v) is 3.77. The molecule has 2 aliphatic rings. The Morgan fingerprint density at radius 3 is 2.71 bits per heavy atom. The fraction of sp³-hybridized carbons (Fsp3) is 0.500. The van der Waals surface area contributed by atoms with Gasteiger partial charge in [0.2, 0.25) is 0 Å². The van der Waals surface area contributed by atoms with Gasteiger partial charge in [0.15, 0.2) is 0 Å². The topological polar surface area (TPSA) is 93.1 Å². The van der Waals surface area contributed by atoms with Crippen molar-refractivity contribution in [3.63, 3.8) is 0 Å². The van der Waals surface area contributed by atoms with Crippen molar-refractivity contribution < 1.29 is 9.53 Å². The smallest absolute Gasteiger partial charge is 0.365 e. The number of benzene rings is 1. The third-order valence-corrected chi connectivity index (χ3v) is 5.12. The third kappa shape index (κ3) is 2.25. The average Bonchev–Trinajstić information content (AvgIpc) is 3.25. The Balaban J connectivity index is 1.59. The van der Waals surface area contributed by atoms with Gasteiger partial charge in [-0.3, -0.25) is 4.79 Å². The second-order valence-corrected chi connectivity index (χ2v) is 7.10. The Morgan fingerprint density at radius 2 is 2.04 bits per heavy atom. The third-order valence-electron chi connectivity index (χ3n) is 5.12. The highest BCUT2D eigenvalue weighted by Gasteiger charge is 2.51. The molecule has 3 heterocycles. The van der Waals surface area contributed by atoms with E-state index in [9.17, 15) is 9.59 Å². The molecular weight excluding hydrogens is 310 g/mol. The number of aromatic amines is 1. The standard InChI is InChI=1S/C16H19N5O3/c1-16(2)9-20(13-8-24-7-12(13)16)14(22)10-3-5-11(6-4-10)21-15(23)17-18-19-21/h3-6,12-13H,7-9H2,1-2H3,(H,17,19,23)/t12-,13+/m0/s1. The molecule has 0 spiro atoms. The molecule has 0 bridgehead atoms. The molecule has 2 saturated heterocycles. The molecule has 0 saturated carbocycles. The number of H-pyrrole nitrogens is 1. The Kier molecular flexibility index (Phi) is 3.31. The molecule has 1 N–H and O–H groups in total. The van der Waals surface area contributed by atoms with Gasteiger partial charge < -0.3 is 9.64 Å². The van der Waals surface area contributed by atoms with Crippen molar-refractivity contribution in [2.75, 3.05) is 19.8 Å². The molecule has 2 aliphatic heterocycles. The molecule has 0 aliphatic carbocycles. The molecule has 4 rings (SSSR count). The summed E-state index contributed by atoms with van der Waals surface area (Å²) < 4.78 is 6.74. The van der Waals surface area contributed by atoms with E-state index in [2.05, 4.69) is 29.4 Å². The van der Waals surface area contributed by atoms with Gasteiger partial charge in [-0.25, -0.2) is 9.89 Å². The quantitative estimate of drug-likeness (QED) is 0.863. The van der Waals surface area contributed by atoms with Gasteiger partial charge in [-0.15, -0.1) is 0 Å². The van der Waals surface area contributed by atoms with E-state index in [0.29, 0.717) is 23.8 Å². The highest BCUT2D eigenvalue weighted by atomic mass is 16.5. The lowest BCUT2D eigenvalue weighted by atomic mass is 9.80. The van der Waals surface area contributed by atoms with E-state index in [1.165, 1.54) is 0 Å². The number of amides is 1. The van der Waals surface area contributed by atoms with Crippen LogP contribution in [0.2, 0.25) is 0 Å². The van der Waals surface area contributed by atoms with E-state index in [1.54, 1.807) is 24.3 Å². The van der Waals surface area contributed by atoms with Crippen molar-refractivity contribution in [1.29, 1.82) is 0 Å². The Morgan fingerprint density at radius 1 is 1.29 bits per heavy atom. The van der Waals surface area contributed by atoms with E-state index in [1.807, 2.05) is 4.90 Å². The fourth-order valence-electron chi connectivity index (χ4n) is 3.77. The highest BCUT2D eigenvalue weighted by Crippen LogP contribution is 2.43. The van der Waals surface area contributed by atoms with Crippen LogP contribution in [0.4, 0.5) is 0 Å². The van der Waals surface area contributed by atoms with Gasteiger partial charge in [0.05, 0.1) is 24.9 Å². The lowest BCUT2D eigenvalue weighted by molar-refractivity contribution is 0.0665. The van der Waals surface area contributed by atoms with Crippen LogP contribution in [-0.4, -0.2) is 56.8 Å². The largest absolute Gasteiger partial charge is 0.379 e. The number of likely N-dealkylation sites (tertiary alicyclic amines) is 1. The molecule has 2 fully saturated rings. The molecular formula is C16H19N5O3. The van der Waals surface area contributed by atoms with Crippen LogP contribution in [0, 0.1) is 11.3 Å². The molecule has 1 amide bonds. The van der Waals surface area contributed by atoms with Gasteiger partial charge in [-0.1, -0.05) is 13.8 Å². The number of nitrogens with one attached hydrogen (secondary N) is 1. The Hall–Kier alpha value is -2.48. The maximum Gasteiger partial charge on any atom is 0.365 e. The molecule has 1 aromatic heterocycles. The summed E-state index contributed by atoms with van der Waals surface area (Å²) in [6.45, 7) is 6.43. The van der Waals surface area contributed by atoms with Crippen molar-refractivity contribution >= 4 is 5.91 Å². The van der Waals surface area contributed by atoms with E-state index >= 15 is 0 Å². The second kappa shape index (κ2) is 5.27. The van der Waals surface area contributed by atoms with Gasteiger partial charge in [0.25, 0.3) is 5.91 Å². The van der Waals surface area contributed by atoms with Gasteiger partial charge in [0, 0.05) is 18.0 Å². The number of hydrogen-bond donors (Lipinski definition) is 1. The minimum absolute atomic E-state index is 0.000116. The molecule has 0 radical (unpaired) electrons. The minimum Gasteiger partial charge on any atom is -0.379 e. The number of aromatic nitrogens is 4. The number of tetrazole rings is 1. The summed E-state index contributed by atoms with van der Waals surface area (Å²) >= 11 is 0. The predicted octanol–water partition coefficient (Wildman–Crippen LogP) is 0.453. The first-order chi connectivity index (χ1) is 11.5. The first kappa shape index (κ1) is 15.1. The van der Waals surface area contributed by atoms with E-state index in [4.69, 9.17) is 4.74 Å². The zero-order valence-corrected chi connectivity index (χ0v) is 13.6. The molecule has 126 valence electrons. The lowest BCUT2D eigenvalue weighted by Crippen LogP contribution is -2.38. The average molecular weight is 329 g/mol. The lowest BCUT2D eigenvalue weighted by Gasteiger charge is -2.24. The normalized spacial score (nSPS) is 25.0. The van der Waals surface area contributed by atoms with E-state index < -0.39 is 5.69 Å². The van der Waals surface area contributed by atoms with Crippen molar-refractivity contribution in [2.45, 2.75) is 19.9 Å². The predicted molar refractivity (Wildman–Crippen MR) is 84.9 cm³/mol. The zero-order chi connectivity index (χ0) is 16.9. The molecule has 2 aromatic rings. The summed E-state index contributed by atoms with van der Waals surface area (Å²) in [4.78, 5) is 26.4. The highest BCUT2D eigenvalue weighted by molar-refractivity contribution is 5.95. The van der Waals surface area contributed by atoms with Crippen LogP contribution < -0.4 is 5.69 Å². The van der Waals surface area contributed by atoms with E-state index in [0.717, 1.165) is 17.8 Å². The van der Waals surface area contributed by atoms with Gasteiger partial charge in [-0.2, -0.15) is 4.68 Å². The number of hydrogen-bond acceptors (Lipinski definition) is 5. The second-order valence-electron chi connectivity index (χ2n) is 7.10. The first-order valence-electron chi connectivity index (χ1n) is 7.97. The number of rotatable bonds is 2. The molecule has 2 atom stereocenters. The number of nitrogens with zero attached hydrogens (tertiary/aromatic N) is 4. The van der Waals surface area contributed by atoms with Crippen molar-refractivity contribution in [2.24, 2.45) is 11.3 Å². The van der Waals surface area contributed by atoms with Crippen molar-refractivity contribution in [3.8, 4) is 5.69 Å². The van der Waals surface area contributed by atoms with E-state index in [-0.39, 0.29) is 17.4 Å². The van der Waals surface area contributed by atoms with Crippen LogP contribution in [0.1, 0.15) is 24.2 Å². The first-order valence-corrected chi connectivity index (χ1v) is 7.97. The summed E-state index contributed by atoms with van der Waals surface area (Å²) in [7, 11) is 0. The van der Waals surface area contributed by atoms with Crippen molar-refractivity contribution in [3.05, 3.63) is 40.3 Å². The molecule has 8 heteroatoms. The summed E-state index contributed by atoms with van der Waals surface area (Å²) in [5.41, 5.74) is 0.805. The summed E-state index contributed by atoms with van der Waals surface area (Å²) in [6.07, 6.45) is 0. The maximum atomic E-state index is 12.9. The van der Waals surface area contributed by atoms with Gasteiger partial charge in [0.1, 0.15) is 0 Å². The Labute approximate surface area is 138 Å². The number of ether oxygens (including phenoxy) is 1. The SMILES string of the molecule is CC1(C)CN(C(=O)c2ccc(-n3nn[nH]c3=O)cc2)[C@@H]2COC[C@@H]21. The number of carbonyl (C=O) groups is 1. The van der Waals surface area contributed by atoms with Gasteiger partial charge >= 0.3 is 5.69 Å². The monoisotopic (exact) mass is 329 g/mol. The zero-order valence-electron chi connectivity index (χ0n) is 13.6. The van der Waals surface area contributed by atoms with Gasteiger partial charge in [-0.05, 0) is 40.1 Å². The van der Waals surface area contributed by atoms with Crippen LogP contribution in [0.3, 0.4) is 0 Å². The van der Waals surface area contributed by atoms with Crippen LogP contribution in [-0.2, 0) is 4.74 Å². The van der Waals surface area contributed by atoms with Crippen LogP contribution >= 0.6 is 0 Å². The van der Waals surface area contributed by atoms with Crippen LogP contribution in [0.15, 0.2) is 29.1 Å². The van der Waals surface area contributed by atoms with Crippen molar-refractivity contribution in [1.82, 2.24) is 25.1 Å². The summed E-state index contributed by atoms with van der Waals surface area (Å²) in [5.74, 6) is 0.384. The molecule has 8 nitrogen and oxygen atoms in total. The summed E-state index contributed by atoms with van der Waals surface area (Å²) in [5, 5.41) is 9.39. The number of fused-ring (bicyclic) bond motifs is 1.